The lowest BCUT2D eigenvalue weighted by Crippen LogP contribution is -2.43. The molecule has 1 heteroatoms. The van der Waals surface area contributed by atoms with E-state index in [2.05, 4.69) is 70.0 Å². The van der Waals surface area contributed by atoms with Crippen LogP contribution in [0.5, 0.6) is 0 Å². The van der Waals surface area contributed by atoms with E-state index in [1.807, 2.05) is 12.2 Å². The highest BCUT2D eigenvalue weighted by Gasteiger charge is 2.27. The Morgan fingerprint density at radius 2 is 2.26 bits per heavy atom. The molecule has 1 rings (SSSR count). The molecule has 104 valence electrons. The van der Waals surface area contributed by atoms with Gasteiger partial charge in [-0.15, -0.1) is 0 Å². The molecule has 1 atom stereocenters. The molecule has 1 unspecified atom stereocenters. The molecule has 1 aliphatic carbocycles. The van der Waals surface area contributed by atoms with Crippen LogP contribution in [0.1, 0.15) is 34.1 Å². The van der Waals surface area contributed by atoms with E-state index in [1.165, 1.54) is 11.1 Å². The first-order valence-electron chi connectivity index (χ1n) is 7.17. The Hall–Kier alpha value is -1.34. The predicted octanol–water partition coefficient (Wildman–Crippen LogP) is 4.57. The van der Waals surface area contributed by atoms with Crippen LogP contribution in [0.3, 0.4) is 0 Å². The van der Waals surface area contributed by atoms with E-state index >= 15 is 0 Å². The highest BCUT2D eigenvalue weighted by atomic mass is 15.0. The molecule has 0 saturated heterocycles. The number of rotatable bonds is 7. The Bertz CT molecular complexity index is 421. The molecule has 19 heavy (non-hydrogen) atoms. The van der Waals surface area contributed by atoms with E-state index < -0.39 is 0 Å². The molecule has 0 aromatic heterocycles. The number of allylic oxidation sites excluding steroid dienone is 6. The highest BCUT2D eigenvalue weighted by molar-refractivity contribution is 5.48. The minimum atomic E-state index is -0.134. The maximum Gasteiger partial charge on any atom is 0.0594 e. The number of nitrogens with one attached hydrogen (secondary N) is 1. The summed E-state index contributed by atoms with van der Waals surface area (Å²) in [6, 6.07) is 0. The number of likely N-dealkylation sites (N-methyl/N-ethyl adjacent to an activating group) is 1. The summed E-state index contributed by atoms with van der Waals surface area (Å²) in [6.45, 7) is 13.6. The Labute approximate surface area is 118 Å². The van der Waals surface area contributed by atoms with Crippen molar-refractivity contribution in [1.29, 1.82) is 0 Å². The van der Waals surface area contributed by atoms with Crippen LogP contribution in [0.15, 0.2) is 60.3 Å². The van der Waals surface area contributed by atoms with E-state index in [-0.39, 0.29) is 5.54 Å². The van der Waals surface area contributed by atoms with Gasteiger partial charge in [-0.05, 0) is 37.0 Å². The molecule has 0 aromatic carbocycles. The molecule has 0 amide bonds. The van der Waals surface area contributed by atoms with Crippen LogP contribution < -0.4 is 5.32 Å². The first kappa shape index (κ1) is 15.7. The Morgan fingerprint density at radius 1 is 1.53 bits per heavy atom. The molecule has 0 heterocycles. The van der Waals surface area contributed by atoms with Crippen molar-refractivity contribution in [2.45, 2.75) is 39.7 Å². The Morgan fingerprint density at radius 3 is 2.74 bits per heavy atom. The standard InChI is InChI=1S/C18H27N/c1-6-8-13-18(5,19-7-2)17(14-15(3)4)16-11-9-10-12-16/h6,8-11,13-15,19H,1,7,12H2,2-5H3/b13-8-,17-14-. The van der Waals surface area contributed by atoms with Crippen LogP contribution in [-0.4, -0.2) is 12.1 Å². The highest BCUT2D eigenvalue weighted by Crippen LogP contribution is 2.31. The van der Waals surface area contributed by atoms with Crippen molar-refractivity contribution in [3.8, 4) is 0 Å². The van der Waals surface area contributed by atoms with Gasteiger partial charge in [0.2, 0.25) is 0 Å². The van der Waals surface area contributed by atoms with Gasteiger partial charge in [0.25, 0.3) is 0 Å². The van der Waals surface area contributed by atoms with E-state index in [0.29, 0.717) is 5.92 Å². The van der Waals surface area contributed by atoms with Crippen LogP contribution in [0.2, 0.25) is 0 Å². The quantitative estimate of drug-likeness (QED) is 0.659. The van der Waals surface area contributed by atoms with Gasteiger partial charge >= 0.3 is 0 Å². The van der Waals surface area contributed by atoms with Gasteiger partial charge in [-0.1, -0.05) is 69.9 Å². The van der Waals surface area contributed by atoms with Crippen molar-refractivity contribution in [3.63, 3.8) is 0 Å². The zero-order valence-electron chi connectivity index (χ0n) is 12.7. The second-order valence-corrected chi connectivity index (χ2v) is 5.48. The molecule has 0 radical (unpaired) electrons. The summed E-state index contributed by atoms with van der Waals surface area (Å²) in [4.78, 5) is 0. The Kier molecular flexibility index (Phi) is 6.04. The summed E-state index contributed by atoms with van der Waals surface area (Å²) in [5, 5.41) is 3.60. The van der Waals surface area contributed by atoms with Gasteiger partial charge in [0.05, 0.1) is 5.54 Å². The van der Waals surface area contributed by atoms with Crippen LogP contribution in [0.4, 0.5) is 0 Å². The minimum Gasteiger partial charge on any atom is -0.305 e. The fourth-order valence-electron chi connectivity index (χ4n) is 2.47. The molecule has 1 aliphatic rings. The van der Waals surface area contributed by atoms with Crippen molar-refractivity contribution in [1.82, 2.24) is 5.32 Å². The second kappa shape index (κ2) is 7.30. The van der Waals surface area contributed by atoms with Crippen molar-refractivity contribution in [2.75, 3.05) is 6.54 Å². The summed E-state index contributed by atoms with van der Waals surface area (Å²) in [5.41, 5.74) is 2.66. The van der Waals surface area contributed by atoms with E-state index in [1.54, 1.807) is 0 Å². The topological polar surface area (TPSA) is 12.0 Å². The normalized spacial score (nSPS) is 19.0. The van der Waals surface area contributed by atoms with Crippen molar-refractivity contribution in [2.24, 2.45) is 5.92 Å². The zero-order chi connectivity index (χ0) is 14.3. The van der Waals surface area contributed by atoms with Gasteiger partial charge in [0.15, 0.2) is 0 Å². The van der Waals surface area contributed by atoms with Crippen LogP contribution in [-0.2, 0) is 0 Å². The summed E-state index contributed by atoms with van der Waals surface area (Å²) < 4.78 is 0. The monoisotopic (exact) mass is 257 g/mol. The molecule has 0 bridgehead atoms. The van der Waals surface area contributed by atoms with Gasteiger partial charge in [0, 0.05) is 0 Å². The van der Waals surface area contributed by atoms with Gasteiger partial charge in [-0.25, -0.2) is 0 Å². The average molecular weight is 257 g/mol. The number of hydrogen-bond acceptors (Lipinski definition) is 1. The zero-order valence-corrected chi connectivity index (χ0v) is 12.7. The summed E-state index contributed by atoms with van der Waals surface area (Å²) in [5.74, 6) is 0.534. The third-order valence-electron chi connectivity index (χ3n) is 3.29. The summed E-state index contributed by atoms with van der Waals surface area (Å²) >= 11 is 0. The largest absolute Gasteiger partial charge is 0.305 e. The van der Waals surface area contributed by atoms with E-state index in [0.717, 1.165) is 13.0 Å². The van der Waals surface area contributed by atoms with Crippen molar-refractivity contribution in [3.05, 3.63) is 60.3 Å². The lowest BCUT2D eigenvalue weighted by molar-refractivity contribution is 0.515. The average Bonchev–Trinajstić information content (AvgIpc) is 2.87. The number of hydrogen-bond donors (Lipinski definition) is 1. The van der Waals surface area contributed by atoms with E-state index in [4.69, 9.17) is 0 Å². The van der Waals surface area contributed by atoms with Gasteiger partial charge < -0.3 is 5.32 Å². The summed E-state index contributed by atoms with van der Waals surface area (Å²) in [7, 11) is 0. The van der Waals surface area contributed by atoms with Crippen molar-refractivity contribution < 1.29 is 0 Å². The van der Waals surface area contributed by atoms with Gasteiger partial charge in [0.1, 0.15) is 0 Å². The third-order valence-corrected chi connectivity index (χ3v) is 3.29. The van der Waals surface area contributed by atoms with Crippen LogP contribution >= 0.6 is 0 Å². The van der Waals surface area contributed by atoms with Crippen LogP contribution in [0.25, 0.3) is 0 Å². The minimum absolute atomic E-state index is 0.134. The molecular formula is C18H27N. The predicted molar refractivity (Wildman–Crippen MR) is 86.2 cm³/mol. The van der Waals surface area contributed by atoms with Crippen LogP contribution in [0, 0.1) is 5.92 Å². The maximum atomic E-state index is 3.78. The third kappa shape index (κ3) is 4.36. The molecule has 0 fully saturated rings. The molecule has 0 spiro atoms. The van der Waals surface area contributed by atoms with E-state index in [9.17, 15) is 0 Å². The first-order chi connectivity index (χ1) is 9.03. The lowest BCUT2D eigenvalue weighted by atomic mass is 9.83. The lowest BCUT2D eigenvalue weighted by Gasteiger charge is -2.32. The molecule has 0 saturated carbocycles. The molecular weight excluding hydrogens is 230 g/mol. The molecule has 0 aliphatic heterocycles. The van der Waals surface area contributed by atoms with Gasteiger partial charge in [-0.3, -0.25) is 0 Å². The SMILES string of the molecule is C=C/C=C\C(C)(NCC)/C(=C\C(C)C)C1=CC=CC1. The Balaban J connectivity index is 3.18. The fourth-order valence-corrected chi connectivity index (χ4v) is 2.47. The fraction of sp³-hybridized carbons (Fsp3) is 0.444. The first-order valence-corrected chi connectivity index (χ1v) is 7.17. The second-order valence-electron chi connectivity index (χ2n) is 5.48. The molecule has 1 nitrogen and oxygen atoms in total. The molecule has 1 N–H and O–H groups in total. The van der Waals surface area contributed by atoms with Gasteiger partial charge in [-0.2, -0.15) is 0 Å². The smallest absolute Gasteiger partial charge is 0.0594 e. The maximum absolute atomic E-state index is 3.78. The van der Waals surface area contributed by atoms with Crippen molar-refractivity contribution >= 4 is 0 Å². The molecule has 0 aromatic rings. The summed E-state index contributed by atoms with van der Waals surface area (Å²) in [6.07, 6.45) is 16.1.